The molecule has 0 bridgehead atoms. The number of carbonyl (C=O) groups excluding carboxylic acids is 2. The molecule has 6 heteroatoms. The van der Waals surface area contributed by atoms with Gasteiger partial charge in [-0.1, -0.05) is 12.1 Å². The van der Waals surface area contributed by atoms with Crippen LogP contribution < -0.4 is 10.6 Å². The van der Waals surface area contributed by atoms with Crippen molar-refractivity contribution in [2.24, 2.45) is 0 Å². The van der Waals surface area contributed by atoms with E-state index >= 15 is 0 Å². The van der Waals surface area contributed by atoms with Crippen molar-refractivity contribution in [2.45, 2.75) is 58.5 Å². The average Bonchev–Trinajstić information content (AvgIpc) is 3.29. The zero-order valence-corrected chi connectivity index (χ0v) is 15.8. The minimum absolute atomic E-state index is 0.119. The SMILES string of the molecule is CC(=O)Nc1cccc(CNC(=O)c2cc(C3CC3)n(C(C)(C)C)n2)c1. The molecule has 1 aromatic carbocycles. The van der Waals surface area contributed by atoms with Crippen LogP contribution in [0.5, 0.6) is 0 Å². The van der Waals surface area contributed by atoms with Gasteiger partial charge in [0.1, 0.15) is 5.69 Å². The summed E-state index contributed by atoms with van der Waals surface area (Å²) >= 11 is 0. The third-order valence-electron chi connectivity index (χ3n) is 4.30. The maximum absolute atomic E-state index is 12.6. The Morgan fingerprint density at radius 1 is 1.23 bits per heavy atom. The quantitative estimate of drug-likeness (QED) is 0.864. The van der Waals surface area contributed by atoms with Crippen molar-refractivity contribution in [3.05, 3.63) is 47.3 Å². The lowest BCUT2D eigenvalue weighted by Gasteiger charge is -2.22. The molecule has 0 radical (unpaired) electrons. The summed E-state index contributed by atoms with van der Waals surface area (Å²) in [5.74, 6) is 0.226. The van der Waals surface area contributed by atoms with Gasteiger partial charge in [0.2, 0.25) is 5.91 Å². The number of aromatic nitrogens is 2. The molecule has 1 aromatic heterocycles. The number of nitrogens with one attached hydrogen (secondary N) is 2. The fraction of sp³-hybridized carbons (Fsp3) is 0.450. The molecule has 3 rings (SSSR count). The van der Waals surface area contributed by atoms with Gasteiger partial charge < -0.3 is 10.6 Å². The second kappa shape index (κ2) is 6.94. The first kappa shape index (κ1) is 18.2. The average molecular weight is 354 g/mol. The molecule has 1 heterocycles. The Bertz CT molecular complexity index is 829. The van der Waals surface area contributed by atoms with Crippen molar-refractivity contribution < 1.29 is 9.59 Å². The molecule has 2 N–H and O–H groups in total. The van der Waals surface area contributed by atoms with Crippen LogP contribution in [0.25, 0.3) is 0 Å². The van der Waals surface area contributed by atoms with Gasteiger partial charge in [0.15, 0.2) is 0 Å². The summed E-state index contributed by atoms with van der Waals surface area (Å²) in [5.41, 5.74) is 3.10. The number of anilines is 1. The van der Waals surface area contributed by atoms with Gasteiger partial charge in [0, 0.05) is 30.8 Å². The topological polar surface area (TPSA) is 76.0 Å². The Kier molecular flexibility index (Phi) is 4.85. The zero-order valence-electron chi connectivity index (χ0n) is 15.8. The van der Waals surface area contributed by atoms with E-state index < -0.39 is 0 Å². The predicted molar refractivity (Wildman–Crippen MR) is 101 cm³/mol. The van der Waals surface area contributed by atoms with Gasteiger partial charge in [-0.3, -0.25) is 14.3 Å². The van der Waals surface area contributed by atoms with Crippen molar-refractivity contribution in [2.75, 3.05) is 5.32 Å². The molecule has 138 valence electrons. The Hall–Kier alpha value is -2.63. The highest BCUT2D eigenvalue weighted by Crippen LogP contribution is 2.41. The molecule has 2 aromatic rings. The summed E-state index contributed by atoms with van der Waals surface area (Å²) in [6, 6.07) is 9.36. The van der Waals surface area contributed by atoms with Crippen LogP contribution in [0.1, 0.15) is 68.2 Å². The standard InChI is InChI=1S/C20H26N4O2/c1-13(25)22-16-7-5-6-14(10-16)12-21-19(26)17-11-18(15-8-9-15)24(23-17)20(2,3)4/h5-7,10-11,15H,8-9,12H2,1-4H3,(H,21,26)(H,22,25). The lowest BCUT2D eigenvalue weighted by Crippen LogP contribution is -2.27. The van der Waals surface area contributed by atoms with E-state index in [2.05, 4.69) is 36.5 Å². The van der Waals surface area contributed by atoms with Crippen LogP contribution >= 0.6 is 0 Å². The number of hydrogen-bond donors (Lipinski definition) is 2. The van der Waals surface area contributed by atoms with E-state index in [4.69, 9.17) is 0 Å². The summed E-state index contributed by atoms with van der Waals surface area (Å²) in [7, 11) is 0. The summed E-state index contributed by atoms with van der Waals surface area (Å²) < 4.78 is 1.98. The zero-order chi connectivity index (χ0) is 18.9. The lowest BCUT2D eigenvalue weighted by molar-refractivity contribution is -0.114. The van der Waals surface area contributed by atoms with Crippen molar-refractivity contribution >= 4 is 17.5 Å². The number of hydrogen-bond acceptors (Lipinski definition) is 3. The van der Waals surface area contributed by atoms with Crippen LogP contribution in [0.4, 0.5) is 5.69 Å². The molecule has 26 heavy (non-hydrogen) atoms. The van der Waals surface area contributed by atoms with Gasteiger partial charge in [-0.2, -0.15) is 5.10 Å². The van der Waals surface area contributed by atoms with Gasteiger partial charge >= 0.3 is 0 Å². The molecule has 0 unspecified atom stereocenters. The molecule has 1 aliphatic rings. The molecule has 0 saturated heterocycles. The van der Waals surface area contributed by atoms with Crippen molar-refractivity contribution in [3.8, 4) is 0 Å². The van der Waals surface area contributed by atoms with E-state index in [9.17, 15) is 9.59 Å². The van der Waals surface area contributed by atoms with Crippen molar-refractivity contribution in [1.82, 2.24) is 15.1 Å². The number of amides is 2. The van der Waals surface area contributed by atoms with E-state index in [0.717, 1.165) is 16.9 Å². The summed E-state index contributed by atoms with van der Waals surface area (Å²) in [5, 5.41) is 10.2. The molecule has 0 atom stereocenters. The minimum Gasteiger partial charge on any atom is -0.347 e. The molecule has 1 aliphatic carbocycles. The third-order valence-corrected chi connectivity index (χ3v) is 4.30. The minimum atomic E-state index is -0.181. The second-order valence-electron chi connectivity index (χ2n) is 7.88. The fourth-order valence-corrected chi connectivity index (χ4v) is 2.95. The van der Waals surface area contributed by atoms with Gasteiger partial charge in [-0.25, -0.2) is 0 Å². The van der Waals surface area contributed by atoms with Crippen LogP contribution in [0.2, 0.25) is 0 Å². The molecule has 1 saturated carbocycles. The predicted octanol–water partition coefficient (Wildman–Crippen LogP) is 3.40. The van der Waals surface area contributed by atoms with Crippen LogP contribution in [-0.2, 0) is 16.9 Å². The second-order valence-corrected chi connectivity index (χ2v) is 7.88. The molecule has 0 aliphatic heterocycles. The van der Waals surface area contributed by atoms with E-state index in [-0.39, 0.29) is 17.4 Å². The van der Waals surface area contributed by atoms with Gasteiger partial charge in [-0.05, 0) is 57.4 Å². The largest absolute Gasteiger partial charge is 0.347 e. The summed E-state index contributed by atoms with van der Waals surface area (Å²) in [6.45, 7) is 8.15. The normalized spacial score (nSPS) is 14.2. The van der Waals surface area contributed by atoms with Crippen LogP contribution in [0, 0.1) is 0 Å². The van der Waals surface area contributed by atoms with E-state index in [1.54, 1.807) is 0 Å². The molecular formula is C20H26N4O2. The Morgan fingerprint density at radius 3 is 2.58 bits per heavy atom. The van der Waals surface area contributed by atoms with E-state index in [1.165, 1.54) is 19.8 Å². The highest BCUT2D eigenvalue weighted by atomic mass is 16.2. The number of carbonyl (C=O) groups is 2. The Labute approximate surface area is 154 Å². The summed E-state index contributed by atoms with van der Waals surface area (Å²) in [6.07, 6.45) is 2.33. The number of rotatable bonds is 5. The molecular weight excluding hydrogens is 328 g/mol. The van der Waals surface area contributed by atoms with Gasteiger partial charge in [0.25, 0.3) is 5.91 Å². The van der Waals surface area contributed by atoms with Crippen molar-refractivity contribution in [3.63, 3.8) is 0 Å². The maximum Gasteiger partial charge on any atom is 0.272 e. The molecule has 2 amide bonds. The Morgan fingerprint density at radius 2 is 1.96 bits per heavy atom. The van der Waals surface area contributed by atoms with E-state index in [1.807, 2.05) is 35.0 Å². The highest BCUT2D eigenvalue weighted by molar-refractivity contribution is 5.92. The van der Waals surface area contributed by atoms with Gasteiger partial charge in [0.05, 0.1) is 5.54 Å². The fourth-order valence-electron chi connectivity index (χ4n) is 2.95. The van der Waals surface area contributed by atoms with E-state index in [0.29, 0.717) is 18.2 Å². The Balaban J connectivity index is 1.70. The monoisotopic (exact) mass is 354 g/mol. The molecule has 0 spiro atoms. The lowest BCUT2D eigenvalue weighted by atomic mass is 10.1. The molecule has 6 nitrogen and oxygen atoms in total. The van der Waals surface area contributed by atoms with Crippen LogP contribution in [-0.4, -0.2) is 21.6 Å². The summed E-state index contributed by atoms with van der Waals surface area (Å²) in [4.78, 5) is 23.7. The first-order valence-electron chi connectivity index (χ1n) is 8.99. The smallest absolute Gasteiger partial charge is 0.272 e. The first-order chi connectivity index (χ1) is 12.2. The van der Waals surface area contributed by atoms with Crippen LogP contribution in [0.15, 0.2) is 30.3 Å². The van der Waals surface area contributed by atoms with Crippen LogP contribution in [0.3, 0.4) is 0 Å². The first-order valence-corrected chi connectivity index (χ1v) is 8.99. The molecule has 1 fully saturated rings. The number of benzene rings is 1. The van der Waals surface area contributed by atoms with Gasteiger partial charge in [-0.15, -0.1) is 0 Å². The van der Waals surface area contributed by atoms with Crippen molar-refractivity contribution in [1.29, 1.82) is 0 Å². The maximum atomic E-state index is 12.6. The highest BCUT2D eigenvalue weighted by Gasteiger charge is 2.32. The third kappa shape index (κ3) is 4.31. The number of nitrogens with zero attached hydrogens (tertiary/aromatic N) is 2.